The number of nitrogens with zero attached hydrogens (tertiary/aromatic N) is 5. The Hall–Kier alpha value is -4.39. The van der Waals surface area contributed by atoms with E-state index in [0.717, 1.165) is 16.9 Å². The van der Waals surface area contributed by atoms with Gasteiger partial charge >= 0.3 is 12.3 Å². The molecule has 0 bridgehead atoms. The molecule has 3 heterocycles. The molecule has 2 N–H and O–H groups in total. The Labute approximate surface area is 233 Å². The molecule has 1 aliphatic heterocycles. The smallest absolute Gasteiger partial charge is 0.457 e. The summed E-state index contributed by atoms with van der Waals surface area (Å²) in [4.78, 5) is 18.6. The normalized spacial score (nSPS) is 14.7. The monoisotopic (exact) mass is 570 g/mol. The molecule has 0 saturated carbocycles. The van der Waals surface area contributed by atoms with Crippen molar-refractivity contribution in [1.29, 1.82) is 0 Å². The van der Waals surface area contributed by atoms with Gasteiger partial charge in [0.2, 0.25) is 5.82 Å². The third kappa shape index (κ3) is 6.68. The molecule has 2 aromatic carbocycles. The minimum Gasteiger partial charge on any atom is -0.457 e. The van der Waals surface area contributed by atoms with Crippen LogP contribution >= 0.6 is 0 Å². The van der Waals surface area contributed by atoms with Gasteiger partial charge < -0.3 is 24.6 Å². The van der Waals surface area contributed by atoms with Crippen molar-refractivity contribution in [3.63, 3.8) is 0 Å². The highest BCUT2D eigenvalue weighted by Gasteiger charge is 2.33. The Morgan fingerprint density at radius 3 is 2.56 bits per heavy atom. The molecule has 1 aliphatic rings. The molecule has 5 rings (SSSR count). The molecule has 1 atom stereocenters. The standard InChI is InChI=1S/C28H29F3N6O4/c1-16(2)24(32)27(38)39-22-14-36(15-22)20-6-4-5-18(12-20)13-37-17(3)11-23(34-37)26-33-25(35-41-26)19-7-9-21(10-8-19)40-28(29,30)31/h4-12,16,22,24H,13-15,32H2,1-3H3. The highest BCUT2D eigenvalue weighted by molar-refractivity contribution is 5.76. The average molecular weight is 571 g/mol. The van der Waals surface area contributed by atoms with E-state index in [1.165, 1.54) is 24.3 Å². The van der Waals surface area contributed by atoms with Crippen LogP contribution in [0.2, 0.25) is 0 Å². The van der Waals surface area contributed by atoms with Gasteiger partial charge in [0, 0.05) is 16.9 Å². The zero-order chi connectivity index (χ0) is 29.3. The molecule has 0 amide bonds. The first kappa shape index (κ1) is 28.1. The molecular weight excluding hydrogens is 541 g/mol. The maximum absolute atomic E-state index is 12.4. The molecule has 216 valence electrons. The van der Waals surface area contributed by atoms with Crippen LogP contribution in [0.25, 0.3) is 23.0 Å². The third-order valence-electron chi connectivity index (χ3n) is 6.70. The molecule has 10 nitrogen and oxygen atoms in total. The van der Waals surface area contributed by atoms with E-state index in [0.29, 0.717) is 30.9 Å². The second-order valence-corrected chi connectivity index (χ2v) is 10.2. The van der Waals surface area contributed by atoms with E-state index in [1.54, 1.807) is 0 Å². The summed E-state index contributed by atoms with van der Waals surface area (Å²) in [5, 5.41) is 8.55. The van der Waals surface area contributed by atoms with Crippen LogP contribution in [-0.4, -0.2) is 57.5 Å². The number of anilines is 1. The summed E-state index contributed by atoms with van der Waals surface area (Å²) in [7, 11) is 0. The van der Waals surface area contributed by atoms with E-state index in [1.807, 2.05) is 49.7 Å². The maximum Gasteiger partial charge on any atom is 0.573 e. The fourth-order valence-corrected chi connectivity index (χ4v) is 4.29. The first-order valence-electron chi connectivity index (χ1n) is 13.0. The van der Waals surface area contributed by atoms with Gasteiger partial charge in [-0.25, -0.2) is 0 Å². The van der Waals surface area contributed by atoms with E-state index in [4.69, 9.17) is 15.0 Å². The number of esters is 1. The minimum absolute atomic E-state index is 0.0195. The molecule has 1 unspecified atom stereocenters. The number of halogens is 3. The third-order valence-corrected chi connectivity index (χ3v) is 6.70. The van der Waals surface area contributed by atoms with Gasteiger partial charge in [-0.2, -0.15) is 10.1 Å². The summed E-state index contributed by atoms with van der Waals surface area (Å²) in [6, 6.07) is 14.4. The Balaban J connectivity index is 1.21. The van der Waals surface area contributed by atoms with Gasteiger partial charge in [-0.05, 0) is 60.9 Å². The van der Waals surface area contributed by atoms with Crippen LogP contribution in [0.1, 0.15) is 25.1 Å². The number of nitrogens with two attached hydrogens (primary N) is 1. The van der Waals surface area contributed by atoms with Gasteiger partial charge in [-0.1, -0.05) is 31.1 Å². The Morgan fingerprint density at radius 2 is 1.88 bits per heavy atom. The summed E-state index contributed by atoms with van der Waals surface area (Å²) >= 11 is 0. The van der Waals surface area contributed by atoms with Crippen molar-refractivity contribution < 1.29 is 32.0 Å². The van der Waals surface area contributed by atoms with Gasteiger partial charge in [0.05, 0.1) is 19.6 Å². The number of hydrogen-bond donors (Lipinski definition) is 1. The van der Waals surface area contributed by atoms with Gasteiger partial charge in [-0.15, -0.1) is 13.2 Å². The Kier molecular flexibility index (Phi) is 7.72. The van der Waals surface area contributed by atoms with Gasteiger partial charge in [0.15, 0.2) is 5.69 Å². The number of aryl methyl sites for hydroxylation is 1. The lowest BCUT2D eigenvalue weighted by atomic mass is 10.1. The predicted molar refractivity (Wildman–Crippen MR) is 143 cm³/mol. The van der Waals surface area contributed by atoms with Crippen LogP contribution in [0, 0.1) is 12.8 Å². The summed E-state index contributed by atoms with van der Waals surface area (Å²) < 4.78 is 53.8. The number of carbonyl (C=O) groups excluding carboxylic acids is 1. The summed E-state index contributed by atoms with van der Waals surface area (Å²) in [6.45, 7) is 7.38. The first-order valence-corrected chi connectivity index (χ1v) is 13.0. The lowest BCUT2D eigenvalue weighted by Gasteiger charge is -2.40. The summed E-state index contributed by atoms with van der Waals surface area (Å²) in [5.74, 6) is -0.295. The van der Waals surface area contributed by atoms with Crippen molar-refractivity contribution >= 4 is 11.7 Å². The van der Waals surface area contributed by atoms with Crippen molar-refractivity contribution in [2.24, 2.45) is 11.7 Å². The first-order chi connectivity index (χ1) is 19.4. The van der Waals surface area contributed by atoms with Crippen LogP contribution in [-0.2, 0) is 16.1 Å². The van der Waals surface area contributed by atoms with Crippen molar-refractivity contribution in [3.05, 3.63) is 65.9 Å². The highest BCUT2D eigenvalue weighted by atomic mass is 19.4. The molecule has 13 heteroatoms. The second kappa shape index (κ2) is 11.2. The van der Waals surface area contributed by atoms with Crippen LogP contribution < -0.4 is 15.4 Å². The number of rotatable bonds is 9. The van der Waals surface area contributed by atoms with Crippen LogP contribution in [0.15, 0.2) is 59.1 Å². The fourth-order valence-electron chi connectivity index (χ4n) is 4.29. The van der Waals surface area contributed by atoms with Crippen molar-refractivity contribution in [1.82, 2.24) is 19.9 Å². The highest BCUT2D eigenvalue weighted by Crippen LogP contribution is 2.28. The molecule has 2 aromatic heterocycles. The largest absolute Gasteiger partial charge is 0.573 e. The number of benzene rings is 2. The number of alkyl halides is 3. The van der Waals surface area contributed by atoms with Gasteiger partial charge in [-0.3, -0.25) is 9.48 Å². The molecule has 1 saturated heterocycles. The number of carbonyl (C=O) groups is 1. The maximum atomic E-state index is 12.4. The number of ether oxygens (including phenoxy) is 2. The zero-order valence-corrected chi connectivity index (χ0v) is 22.6. The molecule has 4 aromatic rings. The Bertz CT molecular complexity index is 1510. The minimum atomic E-state index is -4.77. The summed E-state index contributed by atoms with van der Waals surface area (Å²) in [6.07, 6.45) is -4.95. The van der Waals surface area contributed by atoms with Crippen molar-refractivity contribution in [2.75, 3.05) is 18.0 Å². The summed E-state index contributed by atoms with van der Waals surface area (Å²) in [5.41, 5.74) is 9.73. The zero-order valence-electron chi connectivity index (χ0n) is 22.6. The van der Waals surface area contributed by atoms with Crippen molar-refractivity contribution in [2.45, 2.75) is 45.8 Å². The lowest BCUT2D eigenvalue weighted by Crippen LogP contribution is -2.54. The van der Waals surface area contributed by atoms with Crippen LogP contribution in [0.4, 0.5) is 18.9 Å². The van der Waals surface area contributed by atoms with Gasteiger partial charge in [0.1, 0.15) is 17.9 Å². The average Bonchev–Trinajstić information content (AvgIpc) is 3.52. The van der Waals surface area contributed by atoms with E-state index in [-0.39, 0.29) is 35.5 Å². The molecule has 41 heavy (non-hydrogen) atoms. The van der Waals surface area contributed by atoms with Crippen LogP contribution in [0.3, 0.4) is 0 Å². The van der Waals surface area contributed by atoms with Crippen LogP contribution in [0.5, 0.6) is 5.75 Å². The van der Waals surface area contributed by atoms with Crippen molar-refractivity contribution in [3.8, 4) is 28.7 Å². The SMILES string of the molecule is Cc1cc(-c2nc(-c3ccc(OC(F)(F)F)cc3)no2)nn1Cc1cccc(N2CC(OC(=O)C(N)C(C)C)C2)c1. The molecule has 0 radical (unpaired) electrons. The molecule has 0 aliphatic carbocycles. The van der Waals surface area contributed by atoms with E-state index >= 15 is 0 Å². The molecular formula is C28H29F3N6O4. The number of hydrogen-bond acceptors (Lipinski definition) is 9. The number of aromatic nitrogens is 4. The van der Waals surface area contributed by atoms with E-state index in [2.05, 4.69) is 30.9 Å². The quantitative estimate of drug-likeness (QED) is 0.289. The lowest BCUT2D eigenvalue weighted by molar-refractivity contribution is -0.274. The van der Waals surface area contributed by atoms with E-state index < -0.39 is 12.4 Å². The predicted octanol–water partition coefficient (Wildman–Crippen LogP) is 4.57. The molecule has 0 spiro atoms. The fraction of sp³-hybridized carbons (Fsp3) is 0.357. The molecule has 1 fully saturated rings. The second-order valence-electron chi connectivity index (χ2n) is 10.2. The van der Waals surface area contributed by atoms with E-state index in [9.17, 15) is 18.0 Å². The Morgan fingerprint density at radius 1 is 1.15 bits per heavy atom. The topological polar surface area (TPSA) is 122 Å². The van der Waals surface area contributed by atoms with Gasteiger partial charge in [0.25, 0.3) is 5.89 Å².